The molecule has 8 heteroatoms. The summed E-state index contributed by atoms with van der Waals surface area (Å²) in [5, 5.41) is 28.4. The summed E-state index contributed by atoms with van der Waals surface area (Å²) in [7, 11) is 0. The number of anilines is 1. The number of aliphatic carboxylic acids is 1. The standard InChI is InChI=1S/C13H14N6O2/c1-8-3-9(2)16-13(11(8)4-14)15-5-10-6-19(18-17-10)7-12(20)21/h3,6H,5,7H2,1-2H3,(H,15,16)(H,20,21). The van der Waals surface area contributed by atoms with Gasteiger partial charge in [-0.2, -0.15) is 5.26 Å². The number of hydrogen-bond donors (Lipinski definition) is 2. The minimum atomic E-state index is -0.984. The van der Waals surface area contributed by atoms with Crippen molar-refractivity contribution in [3.8, 4) is 6.07 Å². The number of nitrogens with zero attached hydrogens (tertiary/aromatic N) is 5. The molecule has 0 amide bonds. The molecule has 0 saturated heterocycles. The number of aromatic nitrogens is 4. The summed E-state index contributed by atoms with van der Waals surface area (Å²) in [6, 6.07) is 3.95. The van der Waals surface area contributed by atoms with Gasteiger partial charge in [-0.15, -0.1) is 5.10 Å². The molecule has 0 aromatic carbocycles. The molecule has 2 aromatic rings. The fourth-order valence-corrected chi connectivity index (χ4v) is 1.92. The number of carboxylic acid groups (broad SMARTS) is 1. The number of hydrogen-bond acceptors (Lipinski definition) is 6. The van der Waals surface area contributed by atoms with Crippen LogP contribution in [0.15, 0.2) is 12.3 Å². The van der Waals surface area contributed by atoms with E-state index in [9.17, 15) is 4.79 Å². The Morgan fingerprint density at radius 3 is 2.95 bits per heavy atom. The smallest absolute Gasteiger partial charge is 0.325 e. The summed E-state index contributed by atoms with van der Waals surface area (Å²) in [5.74, 6) is -0.495. The average Bonchev–Trinajstić information content (AvgIpc) is 2.82. The number of carboxylic acids is 1. The van der Waals surface area contributed by atoms with Crippen LogP contribution in [-0.2, 0) is 17.9 Å². The molecular weight excluding hydrogens is 272 g/mol. The van der Waals surface area contributed by atoms with E-state index in [4.69, 9.17) is 10.4 Å². The van der Waals surface area contributed by atoms with Crippen LogP contribution in [0.3, 0.4) is 0 Å². The molecule has 0 radical (unpaired) electrons. The Morgan fingerprint density at radius 1 is 1.52 bits per heavy atom. The summed E-state index contributed by atoms with van der Waals surface area (Å²) in [6.07, 6.45) is 1.54. The number of nitrogens with one attached hydrogen (secondary N) is 1. The third-order valence-electron chi connectivity index (χ3n) is 2.78. The van der Waals surface area contributed by atoms with Crippen molar-refractivity contribution in [1.29, 1.82) is 5.26 Å². The first-order valence-electron chi connectivity index (χ1n) is 6.22. The second kappa shape index (κ2) is 6.00. The van der Waals surface area contributed by atoms with Gasteiger partial charge in [0.2, 0.25) is 0 Å². The molecular formula is C13H14N6O2. The summed E-state index contributed by atoms with van der Waals surface area (Å²) in [4.78, 5) is 14.9. The second-order valence-corrected chi connectivity index (χ2v) is 4.57. The first kappa shape index (κ1) is 14.5. The largest absolute Gasteiger partial charge is 0.480 e. The fraction of sp³-hybridized carbons (Fsp3) is 0.308. The molecule has 8 nitrogen and oxygen atoms in total. The molecule has 0 aliphatic carbocycles. The van der Waals surface area contributed by atoms with Crippen molar-refractivity contribution in [3.63, 3.8) is 0 Å². The predicted octanol–water partition coefficient (Wildman–Crippen LogP) is 0.858. The van der Waals surface area contributed by atoms with Crippen molar-refractivity contribution in [2.45, 2.75) is 26.9 Å². The van der Waals surface area contributed by atoms with Crippen molar-refractivity contribution in [3.05, 3.63) is 34.8 Å². The topological polar surface area (TPSA) is 117 Å². The van der Waals surface area contributed by atoms with Crippen molar-refractivity contribution in [1.82, 2.24) is 20.0 Å². The zero-order valence-electron chi connectivity index (χ0n) is 11.7. The van der Waals surface area contributed by atoms with Crippen LogP contribution in [0.25, 0.3) is 0 Å². The van der Waals surface area contributed by atoms with Crippen molar-refractivity contribution in [2.24, 2.45) is 0 Å². The average molecular weight is 286 g/mol. The minimum Gasteiger partial charge on any atom is -0.480 e. The minimum absolute atomic E-state index is 0.238. The van der Waals surface area contributed by atoms with E-state index < -0.39 is 5.97 Å². The maximum atomic E-state index is 10.6. The van der Waals surface area contributed by atoms with Crippen molar-refractivity contribution in [2.75, 3.05) is 5.32 Å². The molecule has 2 N–H and O–H groups in total. The second-order valence-electron chi connectivity index (χ2n) is 4.57. The molecule has 21 heavy (non-hydrogen) atoms. The van der Waals surface area contributed by atoms with Crippen LogP contribution in [0.1, 0.15) is 22.5 Å². The van der Waals surface area contributed by atoms with Gasteiger partial charge in [0.25, 0.3) is 0 Å². The zero-order chi connectivity index (χ0) is 15.4. The lowest BCUT2D eigenvalue weighted by Crippen LogP contribution is -2.09. The molecule has 2 heterocycles. The Kier molecular flexibility index (Phi) is 4.13. The van der Waals surface area contributed by atoms with E-state index in [0.29, 0.717) is 23.6 Å². The Labute approximate surface area is 121 Å². The number of rotatable bonds is 5. The molecule has 0 fully saturated rings. The van der Waals surface area contributed by atoms with Gasteiger partial charge in [0.1, 0.15) is 24.1 Å². The molecule has 0 aliphatic rings. The number of carbonyl (C=O) groups is 1. The SMILES string of the molecule is Cc1cc(C)c(C#N)c(NCc2cn(CC(=O)O)nn2)n1. The van der Waals surface area contributed by atoms with E-state index >= 15 is 0 Å². The number of nitriles is 1. The van der Waals surface area contributed by atoms with E-state index in [-0.39, 0.29) is 6.54 Å². The highest BCUT2D eigenvalue weighted by Gasteiger charge is 2.09. The van der Waals surface area contributed by atoms with E-state index in [1.807, 2.05) is 19.9 Å². The third-order valence-corrected chi connectivity index (χ3v) is 2.78. The summed E-state index contributed by atoms with van der Waals surface area (Å²) in [6.45, 7) is 3.77. The quantitative estimate of drug-likeness (QED) is 0.837. The highest BCUT2D eigenvalue weighted by molar-refractivity contribution is 5.66. The van der Waals surface area contributed by atoms with Crippen molar-refractivity contribution < 1.29 is 9.90 Å². The van der Waals surface area contributed by atoms with Gasteiger partial charge in [-0.05, 0) is 25.5 Å². The molecule has 108 valence electrons. The molecule has 0 atom stereocenters. The lowest BCUT2D eigenvalue weighted by atomic mass is 10.1. The van der Waals surface area contributed by atoms with Gasteiger partial charge in [-0.3, -0.25) is 4.79 Å². The lowest BCUT2D eigenvalue weighted by Gasteiger charge is -2.08. The van der Waals surface area contributed by atoms with Crippen LogP contribution in [0.2, 0.25) is 0 Å². The third kappa shape index (κ3) is 3.54. The van der Waals surface area contributed by atoms with Crippen molar-refractivity contribution >= 4 is 11.8 Å². The van der Waals surface area contributed by atoms with Crippen LogP contribution in [0.4, 0.5) is 5.82 Å². The Morgan fingerprint density at radius 2 is 2.29 bits per heavy atom. The Bertz CT molecular complexity index is 716. The molecule has 0 saturated carbocycles. The highest BCUT2D eigenvalue weighted by Crippen LogP contribution is 2.17. The summed E-state index contributed by atoms with van der Waals surface area (Å²) < 4.78 is 1.24. The van der Waals surface area contributed by atoms with Gasteiger partial charge in [0.05, 0.1) is 18.3 Å². The predicted molar refractivity (Wildman–Crippen MR) is 73.4 cm³/mol. The molecule has 2 aromatic heterocycles. The van der Waals surface area contributed by atoms with Crippen LogP contribution in [-0.4, -0.2) is 31.1 Å². The van der Waals surface area contributed by atoms with Gasteiger partial charge in [-0.1, -0.05) is 5.21 Å². The van der Waals surface area contributed by atoms with Gasteiger partial charge in [-0.25, -0.2) is 9.67 Å². The Balaban J connectivity index is 2.11. The fourth-order valence-electron chi connectivity index (χ4n) is 1.92. The first-order chi connectivity index (χ1) is 9.99. The zero-order valence-corrected chi connectivity index (χ0v) is 11.7. The summed E-state index contributed by atoms with van der Waals surface area (Å²) >= 11 is 0. The van der Waals surface area contributed by atoms with Crippen LogP contribution in [0, 0.1) is 25.2 Å². The van der Waals surface area contributed by atoms with Crippen LogP contribution in [0.5, 0.6) is 0 Å². The van der Waals surface area contributed by atoms with Gasteiger partial charge in [0, 0.05) is 5.69 Å². The maximum Gasteiger partial charge on any atom is 0.325 e. The molecule has 0 bridgehead atoms. The summed E-state index contributed by atoms with van der Waals surface area (Å²) in [5.41, 5.74) is 2.71. The van der Waals surface area contributed by atoms with Gasteiger partial charge >= 0.3 is 5.97 Å². The van der Waals surface area contributed by atoms with E-state index in [1.54, 1.807) is 0 Å². The monoisotopic (exact) mass is 286 g/mol. The molecule has 0 unspecified atom stereocenters. The normalized spacial score (nSPS) is 10.1. The molecule has 2 rings (SSSR count). The first-order valence-corrected chi connectivity index (χ1v) is 6.22. The van der Waals surface area contributed by atoms with E-state index in [2.05, 4.69) is 26.7 Å². The maximum absolute atomic E-state index is 10.6. The highest BCUT2D eigenvalue weighted by atomic mass is 16.4. The Hall–Kier alpha value is -2.95. The number of pyridine rings is 1. The lowest BCUT2D eigenvalue weighted by molar-refractivity contribution is -0.137. The van der Waals surface area contributed by atoms with E-state index in [1.165, 1.54) is 10.9 Å². The van der Waals surface area contributed by atoms with Crippen LogP contribution < -0.4 is 5.32 Å². The molecule has 0 aliphatic heterocycles. The number of aryl methyl sites for hydroxylation is 2. The van der Waals surface area contributed by atoms with Gasteiger partial charge < -0.3 is 10.4 Å². The van der Waals surface area contributed by atoms with Crippen LogP contribution >= 0.6 is 0 Å². The van der Waals surface area contributed by atoms with Gasteiger partial charge in [0.15, 0.2) is 0 Å². The molecule has 0 spiro atoms. The van der Waals surface area contributed by atoms with E-state index in [0.717, 1.165) is 11.3 Å².